The van der Waals surface area contributed by atoms with E-state index < -0.39 is 0 Å². The fraction of sp³-hybridized carbons (Fsp3) is 0.429. The van der Waals surface area contributed by atoms with Crippen molar-refractivity contribution in [2.75, 3.05) is 11.4 Å². The van der Waals surface area contributed by atoms with Gasteiger partial charge in [0, 0.05) is 23.3 Å². The monoisotopic (exact) mass is 237 g/mol. The summed E-state index contributed by atoms with van der Waals surface area (Å²) in [6.45, 7) is 10.4. The van der Waals surface area contributed by atoms with Crippen LogP contribution in [0.4, 0.5) is 10.1 Å². The van der Waals surface area contributed by atoms with Gasteiger partial charge < -0.3 is 10.0 Å². The van der Waals surface area contributed by atoms with Crippen LogP contribution in [-0.4, -0.2) is 17.2 Å². The number of halogens is 1. The van der Waals surface area contributed by atoms with Crippen LogP contribution < -0.4 is 4.90 Å². The molecule has 1 rings (SSSR count). The van der Waals surface area contributed by atoms with Crippen LogP contribution >= 0.6 is 0 Å². The Morgan fingerprint density at radius 1 is 1.41 bits per heavy atom. The summed E-state index contributed by atoms with van der Waals surface area (Å²) in [5.41, 5.74) is 1.33. The molecular weight excluding hydrogens is 217 g/mol. The van der Waals surface area contributed by atoms with Gasteiger partial charge in [0.05, 0.1) is 6.61 Å². The first kappa shape index (κ1) is 13.7. The normalized spacial score (nSPS) is 11.4. The molecule has 0 saturated heterocycles. The van der Waals surface area contributed by atoms with E-state index in [4.69, 9.17) is 0 Å². The Balaban J connectivity index is 3.22. The lowest BCUT2D eigenvalue weighted by molar-refractivity contribution is 0.281. The molecule has 1 aromatic carbocycles. The van der Waals surface area contributed by atoms with Gasteiger partial charge in [0.15, 0.2) is 0 Å². The molecule has 1 aromatic rings. The molecule has 0 amide bonds. The van der Waals surface area contributed by atoms with Crippen molar-refractivity contribution in [1.29, 1.82) is 0 Å². The van der Waals surface area contributed by atoms with E-state index in [0.717, 1.165) is 5.69 Å². The molecule has 0 radical (unpaired) electrons. The van der Waals surface area contributed by atoms with E-state index in [1.165, 1.54) is 12.1 Å². The SMILES string of the molecule is C=CCN(c1ccc(F)cc1CO)C(C)(C)C. The maximum atomic E-state index is 13.1. The van der Waals surface area contributed by atoms with Gasteiger partial charge in [0.2, 0.25) is 0 Å². The molecule has 0 aliphatic heterocycles. The second-order valence-electron chi connectivity index (χ2n) is 5.00. The second kappa shape index (κ2) is 5.32. The number of hydrogen-bond acceptors (Lipinski definition) is 2. The van der Waals surface area contributed by atoms with Crippen molar-refractivity contribution < 1.29 is 9.50 Å². The average molecular weight is 237 g/mol. The first-order valence-corrected chi connectivity index (χ1v) is 5.68. The molecule has 0 aromatic heterocycles. The van der Waals surface area contributed by atoms with Gasteiger partial charge in [-0.2, -0.15) is 0 Å². The molecule has 0 fully saturated rings. The molecular formula is C14H20FNO. The highest BCUT2D eigenvalue weighted by Gasteiger charge is 2.22. The molecule has 0 aliphatic rings. The van der Waals surface area contributed by atoms with Gasteiger partial charge in [-0.3, -0.25) is 0 Å². The van der Waals surface area contributed by atoms with E-state index in [1.54, 1.807) is 12.1 Å². The Morgan fingerprint density at radius 3 is 2.53 bits per heavy atom. The summed E-state index contributed by atoms with van der Waals surface area (Å²) in [6, 6.07) is 4.49. The van der Waals surface area contributed by atoms with E-state index in [-0.39, 0.29) is 18.0 Å². The van der Waals surface area contributed by atoms with E-state index in [9.17, 15) is 9.50 Å². The minimum Gasteiger partial charge on any atom is -0.392 e. The predicted octanol–water partition coefficient (Wildman–Crippen LogP) is 3.11. The van der Waals surface area contributed by atoms with Crippen molar-refractivity contribution in [2.24, 2.45) is 0 Å². The largest absolute Gasteiger partial charge is 0.392 e. The van der Waals surface area contributed by atoms with Gasteiger partial charge >= 0.3 is 0 Å². The number of rotatable bonds is 4. The molecule has 0 atom stereocenters. The molecule has 0 bridgehead atoms. The van der Waals surface area contributed by atoms with Crippen LogP contribution in [0.5, 0.6) is 0 Å². The van der Waals surface area contributed by atoms with Gasteiger partial charge in [-0.05, 0) is 39.0 Å². The quantitative estimate of drug-likeness (QED) is 0.813. The molecule has 2 nitrogen and oxygen atoms in total. The van der Waals surface area contributed by atoms with Crippen molar-refractivity contribution in [3.63, 3.8) is 0 Å². The van der Waals surface area contributed by atoms with E-state index >= 15 is 0 Å². The summed E-state index contributed by atoms with van der Waals surface area (Å²) in [7, 11) is 0. The highest BCUT2D eigenvalue weighted by molar-refractivity contribution is 5.55. The second-order valence-corrected chi connectivity index (χ2v) is 5.00. The van der Waals surface area contributed by atoms with Crippen molar-refractivity contribution >= 4 is 5.69 Å². The Morgan fingerprint density at radius 2 is 2.06 bits per heavy atom. The van der Waals surface area contributed by atoms with E-state index in [0.29, 0.717) is 12.1 Å². The lowest BCUT2D eigenvalue weighted by atomic mass is 10.0. The highest BCUT2D eigenvalue weighted by atomic mass is 19.1. The standard InChI is InChI=1S/C14H20FNO/c1-5-8-16(14(2,3)4)13-7-6-12(15)9-11(13)10-17/h5-7,9,17H,1,8,10H2,2-4H3. The molecule has 0 saturated carbocycles. The number of nitrogens with zero attached hydrogens (tertiary/aromatic N) is 1. The number of aliphatic hydroxyl groups is 1. The highest BCUT2D eigenvalue weighted by Crippen LogP contribution is 2.28. The van der Waals surface area contributed by atoms with E-state index in [1.807, 2.05) is 0 Å². The third kappa shape index (κ3) is 3.30. The Kier molecular flexibility index (Phi) is 4.29. The summed E-state index contributed by atoms with van der Waals surface area (Å²) in [6.07, 6.45) is 1.80. The van der Waals surface area contributed by atoms with Gasteiger partial charge in [-0.1, -0.05) is 6.08 Å². The van der Waals surface area contributed by atoms with Crippen LogP contribution in [0.3, 0.4) is 0 Å². The number of anilines is 1. The van der Waals surface area contributed by atoms with Gasteiger partial charge in [0.25, 0.3) is 0 Å². The maximum absolute atomic E-state index is 13.1. The molecule has 0 heterocycles. The minimum absolute atomic E-state index is 0.115. The number of aliphatic hydroxyl groups excluding tert-OH is 1. The Labute approximate surface area is 102 Å². The van der Waals surface area contributed by atoms with Crippen molar-refractivity contribution in [1.82, 2.24) is 0 Å². The molecule has 0 aliphatic carbocycles. The molecule has 1 N–H and O–H groups in total. The molecule has 17 heavy (non-hydrogen) atoms. The lowest BCUT2D eigenvalue weighted by Gasteiger charge is -2.38. The van der Waals surface area contributed by atoms with Crippen LogP contribution in [-0.2, 0) is 6.61 Å². The third-order valence-corrected chi connectivity index (χ3v) is 2.62. The fourth-order valence-corrected chi connectivity index (χ4v) is 1.81. The van der Waals surface area contributed by atoms with Crippen LogP contribution in [0.25, 0.3) is 0 Å². The Bertz CT molecular complexity index is 396. The zero-order chi connectivity index (χ0) is 13.1. The zero-order valence-corrected chi connectivity index (χ0v) is 10.7. The molecule has 0 unspecified atom stereocenters. The molecule has 3 heteroatoms. The first-order chi connectivity index (χ1) is 7.90. The molecule has 0 spiro atoms. The van der Waals surface area contributed by atoms with Crippen molar-refractivity contribution in [2.45, 2.75) is 32.9 Å². The van der Waals surface area contributed by atoms with Gasteiger partial charge in [0.1, 0.15) is 5.82 Å². The van der Waals surface area contributed by atoms with Crippen molar-refractivity contribution in [3.8, 4) is 0 Å². The third-order valence-electron chi connectivity index (χ3n) is 2.62. The summed E-state index contributed by atoms with van der Waals surface area (Å²) < 4.78 is 13.1. The van der Waals surface area contributed by atoms with Crippen LogP contribution in [0.15, 0.2) is 30.9 Å². The van der Waals surface area contributed by atoms with Crippen LogP contribution in [0, 0.1) is 5.82 Å². The first-order valence-electron chi connectivity index (χ1n) is 5.68. The smallest absolute Gasteiger partial charge is 0.123 e. The summed E-state index contributed by atoms with van der Waals surface area (Å²) >= 11 is 0. The topological polar surface area (TPSA) is 23.5 Å². The lowest BCUT2D eigenvalue weighted by Crippen LogP contribution is -2.42. The Hall–Kier alpha value is -1.35. The minimum atomic E-state index is -0.328. The number of hydrogen-bond donors (Lipinski definition) is 1. The summed E-state index contributed by atoms with van der Waals surface area (Å²) in [4.78, 5) is 2.09. The van der Waals surface area contributed by atoms with Crippen LogP contribution in [0.2, 0.25) is 0 Å². The number of benzene rings is 1. The predicted molar refractivity (Wildman–Crippen MR) is 69.6 cm³/mol. The zero-order valence-electron chi connectivity index (χ0n) is 10.7. The van der Waals surface area contributed by atoms with Gasteiger partial charge in [-0.25, -0.2) is 4.39 Å². The van der Waals surface area contributed by atoms with Crippen LogP contribution in [0.1, 0.15) is 26.3 Å². The van der Waals surface area contributed by atoms with E-state index in [2.05, 4.69) is 32.3 Å². The summed E-state index contributed by atoms with van der Waals surface area (Å²) in [5.74, 6) is -0.328. The average Bonchev–Trinajstić information content (AvgIpc) is 2.25. The fourth-order valence-electron chi connectivity index (χ4n) is 1.81. The van der Waals surface area contributed by atoms with Gasteiger partial charge in [-0.15, -0.1) is 6.58 Å². The summed E-state index contributed by atoms with van der Waals surface area (Å²) in [5, 5.41) is 9.31. The van der Waals surface area contributed by atoms with Crippen molar-refractivity contribution in [3.05, 3.63) is 42.2 Å². The molecule has 94 valence electrons. The maximum Gasteiger partial charge on any atom is 0.123 e.